The van der Waals surface area contributed by atoms with Gasteiger partial charge in [0.2, 0.25) is 0 Å². The maximum absolute atomic E-state index is 11.1. The number of rotatable bonds is 2. The molecule has 1 heterocycles. The van der Waals surface area contributed by atoms with Crippen LogP contribution in [0, 0.1) is 0 Å². The van der Waals surface area contributed by atoms with Gasteiger partial charge in [-0.2, -0.15) is 0 Å². The van der Waals surface area contributed by atoms with E-state index in [1.54, 1.807) is 7.11 Å². The molecule has 0 bridgehead atoms. The molecule has 1 aromatic rings. The third kappa shape index (κ3) is 1.92. The van der Waals surface area contributed by atoms with Gasteiger partial charge in [-0.15, -0.1) is 0 Å². The number of carboxylic acids is 1. The molecule has 0 saturated carbocycles. The van der Waals surface area contributed by atoms with Crippen LogP contribution in [0.2, 0.25) is 0 Å². The van der Waals surface area contributed by atoms with Crippen LogP contribution in [-0.2, 0) is 11.2 Å². The Morgan fingerprint density at radius 1 is 1.62 bits per heavy atom. The summed E-state index contributed by atoms with van der Waals surface area (Å²) in [5.74, 6) is -0.109. The van der Waals surface area contributed by atoms with Gasteiger partial charge in [-0.05, 0) is 45.6 Å². The van der Waals surface area contributed by atoms with E-state index < -0.39 is 12.0 Å². The highest BCUT2D eigenvalue weighted by Crippen LogP contribution is 2.33. The van der Waals surface area contributed by atoms with Crippen molar-refractivity contribution in [1.29, 1.82) is 0 Å². The number of hydrogen-bond acceptors (Lipinski definition) is 3. The van der Waals surface area contributed by atoms with Crippen molar-refractivity contribution >= 4 is 21.9 Å². The smallest absolute Gasteiger partial charge is 0.325 e. The van der Waals surface area contributed by atoms with Crippen LogP contribution < -0.4 is 10.1 Å². The highest BCUT2D eigenvalue weighted by atomic mass is 79.9. The number of hydrogen-bond donors (Lipinski definition) is 2. The van der Waals surface area contributed by atoms with Gasteiger partial charge in [0.15, 0.2) is 0 Å². The number of ether oxygens (including phenoxy) is 1. The van der Waals surface area contributed by atoms with Crippen molar-refractivity contribution in [3.63, 3.8) is 0 Å². The third-order valence-electron chi connectivity index (χ3n) is 2.71. The lowest BCUT2D eigenvalue weighted by Gasteiger charge is -2.24. The molecule has 0 radical (unpaired) electrons. The van der Waals surface area contributed by atoms with Crippen molar-refractivity contribution in [3.8, 4) is 5.75 Å². The molecule has 4 nitrogen and oxygen atoms in total. The Morgan fingerprint density at radius 3 is 3.00 bits per heavy atom. The minimum Gasteiger partial charge on any atom is -0.496 e. The van der Waals surface area contributed by atoms with Gasteiger partial charge in [0.1, 0.15) is 11.8 Å². The fraction of sp³-hybridized carbons (Fsp3) is 0.364. The van der Waals surface area contributed by atoms with E-state index in [1.165, 1.54) is 0 Å². The first kappa shape index (κ1) is 11.4. The van der Waals surface area contributed by atoms with E-state index in [0.717, 1.165) is 27.8 Å². The summed E-state index contributed by atoms with van der Waals surface area (Å²) >= 11 is 3.37. The Labute approximate surface area is 102 Å². The van der Waals surface area contributed by atoms with Gasteiger partial charge in [0.25, 0.3) is 0 Å². The zero-order valence-electron chi connectivity index (χ0n) is 8.79. The first-order chi connectivity index (χ1) is 7.63. The summed E-state index contributed by atoms with van der Waals surface area (Å²) in [4.78, 5) is 11.1. The minimum atomic E-state index is -0.849. The summed E-state index contributed by atoms with van der Waals surface area (Å²) in [5.41, 5.74) is 1.85. The van der Waals surface area contributed by atoms with Crippen molar-refractivity contribution in [2.24, 2.45) is 0 Å². The molecule has 0 amide bonds. The lowest BCUT2D eigenvalue weighted by molar-refractivity contribution is -0.139. The Bertz CT molecular complexity index is 433. The SMILES string of the molecule is COc1cc2c(cc1Br)C(C(=O)O)NCC2. The molecule has 2 N–H and O–H groups in total. The predicted molar refractivity (Wildman–Crippen MR) is 62.8 cm³/mol. The Hall–Kier alpha value is -1.07. The molecular weight excluding hydrogens is 274 g/mol. The second kappa shape index (κ2) is 4.43. The zero-order valence-corrected chi connectivity index (χ0v) is 10.4. The lowest BCUT2D eigenvalue weighted by Crippen LogP contribution is -2.35. The summed E-state index contributed by atoms with van der Waals surface area (Å²) < 4.78 is 5.97. The number of benzene rings is 1. The molecule has 0 aliphatic carbocycles. The molecule has 1 unspecified atom stereocenters. The average Bonchev–Trinajstić information content (AvgIpc) is 2.27. The normalized spacial score (nSPS) is 19.0. The van der Waals surface area contributed by atoms with E-state index in [0.29, 0.717) is 6.54 Å². The molecule has 1 aliphatic rings. The standard InChI is InChI=1S/C11H12BrNO3/c1-16-9-4-6-2-3-13-10(11(14)15)7(6)5-8(9)12/h4-5,10,13H,2-3H2,1H3,(H,14,15). The van der Waals surface area contributed by atoms with Gasteiger partial charge in [-0.1, -0.05) is 0 Å². The number of fused-ring (bicyclic) bond motifs is 1. The van der Waals surface area contributed by atoms with E-state index >= 15 is 0 Å². The third-order valence-corrected chi connectivity index (χ3v) is 3.33. The van der Waals surface area contributed by atoms with Crippen molar-refractivity contribution < 1.29 is 14.6 Å². The molecule has 0 spiro atoms. The average molecular weight is 286 g/mol. The highest BCUT2D eigenvalue weighted by Gasteiger charge is 2.26. The van der Waals surface area contributed by atoms with Gasteiger partial charge in [-0.25, -0.2) is 0 Å². The van der Waals surface area contributed by atoms with E-state index in [-0.39, 0.29) is 0 Å². The van der Waals surface area contributed by atoms with Crippen molar-refractivity contribution in [3.05, 3.63) is 27.7 Å². The first-order valence-corrected chi connectivity index (χ1v) is 5.75. The van der Waals surface area contributed by atoms with Gasteiger partial charge >= 0.3 is 5.97 Å². The molecule has 1 aromatic carbocycles. The monoisotopic (exact) mass is 285 g/mol. The van der Waals surface area contributed by atoms with Crippen LogP contribution in [0.15, 0.2) is 16.6 Å². The second-order valence-corrected chi connectivity index (χ2v) is 4.52. The molecule has 0 saturated heterocycles. The molecule has 5 heteroatoms. The van der Waals surface area contributed by atoms with Crippen molar-refractivity contribution in [2.45, 2.75) is 12.5 Å². The fourth-order valence-corrected chi connectivity index (χ4v) is 2.46. The summed E-state index contributed by atoms with van der Waals surface area (Å²) in [6.45, 7) is 0.675. The van der Waals surface area contributed by atoms with E-state index in [9.17, 15) is 4.79 Å². The van der Waals surface area contributed by atoms with Gasteiger partial charge in [0, 0.05) is 6.54 Å². The molecule has 0 aromatic heterocycles. The Kier molecular flexibility index (Phi) is 3.16. The number of carbonyl (C=O) groups is 1. The zero-order chi connectivity index (χ0) is 11.7. The van der Waals surface area contributed by atoms with Crippen LogP contribution in [0.25, 0.3) is 0 Å². The van der Waals surface area contributed by atoms with Crippen molar-refractivity contribution in [2.75, 3.05) is 13.7 Å². The fourth-order valence-electron chi connectivity index (χ4n) is 1.93. The highest BCUT2D eigenvalue weighted by molar-refractivity contribution is 9.10. The number of nitrogens with one attached hydrogen (secondary N) is 1. The maximum Gasteiger partial charge on any atom is 0.325 e. The molecule has 86 valence electrons. The van der Waals surface area contributed by atoms with E-state index in [2.05, 4.69) is 21.2 Å². The number of methoxy groups -OCH3 is 1. The van der Waals surface area contributed by atoms with Gasteiger partial charge < -0.3 is 15.2 Å². The Balaban J connectivity index is 2.49. The quantitative estimate of drug-likeness (QED) is 0.869. The van der Waals surface area contributed by atoms with Crippen LogP contribution in [-0.4, -0.2) is 24.7 Å². The molecule has 16 heavy (non-hydrogen) atoms. The predicted octanol–water partition coefficient (Wildman–Crippen LogP) is 1.73. The number of aliphatic carboxylic acids is 1. The summed E-state index contributed by atoms with van der Waals surface area (Å²) in [6.07, 6.45) is 0.822. The van der Waals surface area contributed by atoms with Crippen LogP contribution in [0.1, 0.15) is 17.2 Å². The number of halogens is 1. The second-order valence-electron chi connectivity index (χ2n) is 3.66. The molecule has 1 aliphatic heterocycles. The van der Waals surface area contributed by atoms with E-state index in [4.69, 9.17) is 9.84 Å². The van der Waals surface area contributed by atoms with E-state index in [1.807, 2.05) is 12.1 Å². The van der Waals surface area contributed by atoms with Crippen LogP contribution >= 0.6 is 15.9 Å². The molecule has 2 rings (SSSR count). The molecule has 1 atom stereocenters. The first-order valence-electron chi connectivity index (χ1n) is 4.96. The van der Waals surface area contributed by atoms with Crippen LogP contribution in [0.5, 0.6) is 5.75 Å². The largest absolute Gasteiger partial charge is 0.496 e. The summed E-state index contributed by atoms with van der Waals surface area (Å²) in [6, 6.07) is 3.10. The maximum atomic E-state index is 11.1. The van der Waals surface area contributed by atoms with Crippen LogP contribution in [0.3, 0.4) is 0 Å². The number of carboxylic acid groups (broad SMARTS) is 1. The minimum absolute atomic E-state index is 0.619. The Morgan fingerprint density at radius 2 is 2.38 bits per heavy atom. The van der Waals surface area contributed by atoms with Crippen molar-refractivity contribution in [1.82, 2.24) is 5.32 Å². The van der Waals surface area contributed by atoms with Gasteiger partial charge in [-0.3, -0.25) is 4.79 Å². The molecule has 0 fully saturated rings. The summed E-state index contributed by atoms with van der Waals surface area (Å²) in [7, 11) is 1.60. The summed E-state index contributed by atoms with van der Waals surface area (Å²) in [5, 5.41) is 12.1. The van der Waals surface area contributed by atoms with Crippen LogP contribution in [0.4, 0.5) is 0 Å². The topological polar surface area (TPSA) is 58.6 Å². The van der Waals surface area contributed by atoms with Gasteiger partial charge in [0.05, 0.1) is 11.6 Å². The lowest BCUT2D eigenvalue weighted by atomic mass is 9.94. The molecular formula is C11H12BrNO3.